The van der Waals surface area contributed by atoms with Gasteiger partial charge in [0.1, 0.15) is 24.3 Å². The molecular weight excluding hydrogens is 364 g/mol. The largest absolute Gasteiger partial charge is 0.496 e. The quantitative estimate of drug-likeness (QED) is 0.570. The van der Waals surface area contributed by atoms with Crippen LogP contribution in [0.15, 0.2) is 36.4 Å². The van der Waals surface area contributed by atoms with Gasteiger partial charge in [0.2, 0.25) is 0 Å². The molecule has 0 saturated heterocycles. The van der Waals surface area contributed by atoms with Crippen molar-refractivity contribution in [2.75, 3.05) is 14.2 Å². The average Bonchev–Trinajstić information content (AvgIpc) is 3.22. The van der Waals surface area contributed by atoms with Crippen molar-refractivity contribution in [3.63, 3.8) is 0 Å². The van der Waals surface area contributed by atoms with Crippen LogP contribution in [0.4, 0.5) is 0 Å². The fourth-order valence-corrected chi connectivity index (χ4v) is 2.68. The highest BCUT2D eigenvalue weighted by molar-refractivity contribution is 5.96. The number of amides is 1. The van der Waals surface area contributed by atoms with E-state index in [4.69, 9.17) is 19.9 Å². The number of aldehydes is 1. The molecule has 0 aliphatic carbocycles. The molecule has 3 aromatic rings. The molecule has 0 bridgehead atoms. The Bertz CT molecular complexity index is 1020. The van der Waals surface area contributed by atoms with Crippen LogP contribution >= 0.6 is 0 Å². The Labute approximate surface area is 160 Å². The molecule has 2 aromatic carbocycles. The lowest BCUT2D eigenvalue weighted by atomic mass is 10.1. The monoisotopic (exact) mass is 382 g/mol. The number of primary amides is 1. The summed E-state index contributed by atoms with van der Waals surface area (Å²) in [4.78, 5) is 22.5. The fraction of sp³-hybridized carbons (Fsp3) is 0.158. The smallest absolute Gasteiger partial charge is 0.271 e. The van der Waals surface area contributed by atoms with Crippen molar-refractivity contribution in [3.05, 3.63) is 53.2 Å². The van der Waals surface area contributed by atoms with Crippen molar-refractivity contribution < 1.29 is 23.8 Å². The number of rotatable bonds is 8. The Hall–Kier alpha value is -3.88. The fourth-order valence-electron chi connectivity index (χ4n) is 2.68. The Morgan fingerprint density at radius 3 is 2.50 bits per heavy atom. The molecule has 3 rings (SSSR count). The van der Waals surface area contributed by atoms with E-state index in [2.05, 4.69) is 15.4 Å². The van der Waals surface area contributed by atoms with Gasteiger partial charge in [0.15, 0.2) is 17.2 Å². The number of H-pyrrole nitrogens is 1. The highest BCUT2D eigenvalue weighted by Gasteiger charge is 2.17. The molecule has 0 aliphatic rings. The lowest BCUT2D eigenvalue weighted by Gasteiger charge is -2.14. The van der Waals surface area contributed by atoms with Crippen molar-refractivity contribution in [2.45, 2.75) is 6.61 Å². The lowest BCUT2D eigenvalue weighted by molar-refractivity contribution is 0.0995. The van der Waals surface area contributed by atoms with Crippen LogP contribution in [0.25, 0.3) is 11.3 Å². The van der Waals surface area contributed by atoms with Crippen LogP contribution in [-0.4, -0.2) is 41.8 Å². The average molecular weight is 382 g/mol. The van der Waals surface area contributed by atoms with Gasteiger partial charge in [0.25, 0.3) is 5.91 Å². The zero-order valence-electron chi connectivity index (χ0n) is 15.3. The summed E-state index contributed by atoms with van der Waals surface area (Å²) in [6.07, 6.45) is 0.757. The minimum atomic E-state index is -0.690. The van der Waals surface area contributed by atoms with Crippen LogP contribution in [0.5, 0.6) is 17.2 Å². The number of carbonyl (C=O) groups is 2. The van der Waals surface area contributed by atoms with Crippen molar-refractivity contribution >= 4 is 12.2 Å². The zero-order chi connectivity index (χ0) is 20.1. The molecule has 0 radical (unpaired) electrons. The molecule has 0 aliphatic heterocycles. The van der Waals surface area contributed by atoms with Gasteiger partial charge in [-0.05, 0) is 36.4 Å². The molecular formula is C19H18N4O5. The van der Waals surface area contributed by atoms with Crippen LogP contribution in [0, 0.1) is 0 Å². The number of carbonyl (C=O) groups excluding carboxylic acids is 2. The molecule has 0 atom stereocenters. The van der Waals surface area contributed by atoms with E-state index in [1.54, 1.807) is 43.5 Å². The lowest BCUT2D eigenvalue weighted by Crippen LogP contribution is -2.12. The maximum atomic E-state index is 11.5. The standard InChI is InChI=1S/C19H18N4O5/c1-26-14-5-3-11(9-24)7-13(14)10-28-15-6-4-12(8-16(15)27-2)17-18(19(20)25)22-23-21-17/h3-9H,10H2,1-2H3,(H2,20,25)(H,21,22,23). The van der Waals surface area contributed by atoms with E-state index in [1.165, 1.54) is 7.11 Å². The number of aromatic nitrogens is 3. The van der Waals surface area contributed by atoms with Crippen molar-refractivity contribution in [1.29, 1.82) is 0 Å². The molecule has 9 heteroatoms. The van der Waals surface area contributed by atoms with E-state index in [1.807, 2.05) is 0 Å². The molecule has 3 N–H and O–H groups in total. The van der Waals surface area contributed by atoms with E-state index < -0.39 is 5.91 Å². The van der Waals surface area contributed by atoms with Gasteiger partial charge in [0.05, 0.1) is 14.2 Å². The van der Waals surface area contributed by atoms with Gasteiger partial charge in [-0.2, -0.15) is 15.4 Å². The first-order valence-electron chi connectivity index (χ1n) is 8.21. The van der Waals surface area contributed by atoms with Gasteiger partial charge in [-0.15, -0.1) is 0 Å². The summed E-state index contributed by atoms with van der Waals surface area (Å²) in [6.45, 7) is 0.164. The van der Waals surface area contributed by atoms with Crippen LogP contribution in [0.3, 0.4) is 0 Å². The second kappa shape index (κ2) is 8.21. The van der Waals surface area contributed by atoms with Crippen molar-refractivity contribution in [2.24, 2.45) is 5.73 Å². The van der Waals surface area contributed by atoms with Crippen molar-refractivity contribution in [1.82, 2.24) is 15.4 Å². The molecule has 1 aromatic heterocycles. The zero-order valence-corrected chi connectivity index (χ0v) is 15.3. The van der Waals surface area contributed by atoms with Crippen LogP contribution < -0.4 is 19.9 Å². The summed E-state index contributed by atoms with van der Waals surface area (Å²) in [6, 6.07) is 10.1. The van der Waals surface area contributed by atoms with E-state index in [0.29, 0.717) is 39.6 Å². The maximum Gasteiger partial charge on any atom is 0.271 e. The molecule has 28 heavy (non-hydrogen) atoms. The number of hydrogen-bond acceptors (Lipinski definition) is 7. The first-order valence-corrected chi connectivity index (χ1v) is 8.21. The molecule has 9 nitrogen and oxygen atoms in total. The number of aromatic amines is 1. The Morgan fingerprint density at radius 2 is 1.82 bits per heavy atom. The molecule has 0 fully saturated rings. The first-order chi connectivity index (χ1) is 13.6. The third-order valence-corrected chi connectivity index (χ3v) is 4.04. The predicted octanol–water partition coefficient (Wildman–Crippen LogP) is 1.98. The Morgan fingerprint density at radius 1 is 1.07 bits per heavy atom. The number of nitrogens with one attached hydrogen (secondary N) is 1. The summed E-state index contributed by atoms with van der Waals surface area (Å²) in [5, 5.41) is 10.1. The van der Waals surface area contributed by atoms with Gasteiger partial charge < -0.3 is 19.9 Å². The summed E-state index contributed by atoms with van der Waals surface area (Å²) >= 11 is 0. The summed E-state index contributed by atoms with van der Waals surface area (Å²) in [7, 11) is 3.04. The molecule has 0 unspecified atom stereocenters. The van der Waals surface area contributed by atoms with Gasteiger partial charge in [-0.1, -0.05) is 0 Å². The van der Waals surface area contributed by atoms with Gasteiger partial charge in [-0.25, -0.2) is 0 Å². The number of methoxy groups -OCH3 is 2. The Balaban J connectivity index is 1.87. The molecule has 1 amide bonds. The Kier molecular flexibility index (Phi) is 5.54. The number of nitrogens with zero attached hydrogens (tertiary/aromatic N) is 2. The number of hydrogen-bond donors (Lipinski definition) is 2. The third kappa shape index (κ3) is 3.78. The summed E-state index contributed by atoms with van der Waals surface area (Å²) < 4.78 is 16.5. The van der Waals surface area contributed by atoms with Gasteiger partial charge in [0, 0.05) is 16.7 Å². The highest BCUT2D eigenvalue weighted by atomic mass is 16.5. The van der Waals surface area contributed by atoms with Crippen molar-refractivity contribution in [3.8, 4) is 28.5 Å². The first kappa shape index (κ1) is 18.9. The second-order valence-corrected chi connectivity index (χ2v) is 5.73. The van der Waals surface area contributed by atoms with E-state index in [0.717, 1.165) is 6.29 Å². The minimum absolute atomic E-state index is 0.0335. The topological polar surface area (TPSA) is 129 Å². The molecule has 1 heterocycles. The minimum Gasteiger partial charge on any atom is -0.496 e. The number of nitrogens with two attached hydrogens (primary N) is 1. The summed E-state index contributed by atoms with van der Waals surface area (Å²) in [5.41, 5.74) is 7.48. The predicted molar refractivity (Wildman–Crippen MR) is 99.6 cm³/mol. The number of benzene rings is 2. The molecule has 144 valence electrons. The SMILES string of the molecule is COc1ccc(C=O)cc1COc1ccc(-c2n[nH]nc2C(N)=O)cc1OC. The second-order valence-electron chi connectivity index (χ2n) is 5.73. The number of ether oxygens (including phenoxy) is 3. The third-order valence-electron chi connectivity index (χ3n) is 4.04. The van der Waals surface area contributed by atoms with E-state index in [9.17, 15) is 9.59 Å². The van der Waals surface area contributed by atoms with Crippen LogP contribution in [-0.2, 0) is 6.61 Å². The normalized spacial score (nSPS) is 10.4. The highest BCUT2D eigenvalue weighted by Crippen LogP contribution is 2.33. The van der Waals surface area contributed by atoms with Crippen LogP contribution in [0.1, 0.15) is 26.4 Å². The van der Waals surface area contributed by atoms with Crippen LogP contribution in [0.2, 0.25) is 0 Å². The van der Waals surface area contributed by atoms with E-state index >= 15 is 0 Å². The maximum absolute atomic E-state index is 11.5. The molecule has 0 saturated carbocycles. The van der Waals surface area contributed by atoms with E-state index in [-0.39, 0.29) is 12.3 Å². The van der Waals surface area contributed by atoms with Gasteiger partial charge in [-0.3, -0.25) is 9.59 Å². The molecule has 0 spiro atoms. The summed E-state index contributed by atoms with van der Waals surface area (Å²) in [5.74, 6) is 0.815. The van der Waals surface area contributed by atoms with Gasteiger partial charge >= 0.3 is 0 Å².